The van der Waals surface area contributed by atoms with Gasteiger partial charge in [-0.05, 0) is 61.0 Å². The number of allylic oxidation sites excluding steroid dienone is 1. The fourth-order valence-electron chi connectivity index (χ4n) is 3.91. The van der Waals surface area contributed by atoms with Crippen LogP contribution in [0, 0.1) is 5.41 Å². The Labute approximate surface area is 196 Å². The first-order valence-electron chi connectivity index (χ1n) is 10.9. The molecule has 3 N–H and O–H groups in total. The summed E-state index contributed by atoms with van der Waals surface area (Å²) in [5.74, 6) is 0. The van der Waals surface area contributed by atoms with Crippen LogP contribution >= 0.6 is 11.8 Å². The molecule has 0 unspecified atom stereocenters. The highest BCUT2D eigenvalue weighted by molar-refractivity contribution is 7.99. The van der Waals surface area contributed by atoms with Gasteiger partial charge in [-0.3, -0.25) is 9.38 Å². The molecule has 0 atom stereocenters. The summed E-state index contributed by atoms with van der Waals surface area (Å²) < 4.78 is 7.41. The van der Waals surface area contributed by atoms with E-state index in [0.29, 0.717) is 6.04 Å². The summed E-state index contributed by atoms with van der Waals surface area (Å²) in [7, 11) is 1.82. The van der Waals surface area contributed by atoms with Crippen LogP contribution in [0.15, 0.2) is 65.0 Å². The van der Waals surface area contributed by atoms with Crippen molar-refractivity contribution in [2.45, 2.75) is 28.9 Å². The maximum absolute atomic E-state index is 7.68. The van der Waals surface area contributed by atoms with Crippen molar-refractivity contribution in [3.63, 3.8) is 0 Å². The van der Waals surface area contributed by atoms with Crippen LogP contribution in [0.5, 0.6) is 0 Å². The van der Waals surface area contributed by atoms with Crippen molar-refractivity contribution in [2.75, 3.05) is 25.6 Å². The number of nitrogens with one attached hydrogen (secondary N) is 3. The molecule has 1 fully saturated rings. The van der Waals surface area contributed by atoms with Gasteiger partial charge in [0.1, 0.15) is 0 Å². The zero-order valence-electron chi connectivity index (χ0n) is 18.3. The first-order chi connectivity index (χ1) is 16.2. The Hall–Kier alpha value is -3.43. The van der Waals surface area contributed by atoms with Gasteiger partial charge in [0.15, 0.2) is 10.8 Å². The van der Waals surface area contributed by atoms with Gasteiger partial charge in [0.25, 0.3) is 0 Å². The number of pyridine rings is 2. The number of aromatic nitrogens is 4. The molecule has 168 valence electrons. The number of fused-ring (bicyclic) bond motifs is 2. The van der Waals surface area contributed by atoms with Crippen molar-refractivity contribution in [3.8, 4) is 0 Å². The van der Waals surface area contributed by atoms with Crippen molar-refractivity contribution in [1.82, 2.24) is 24.9 Å². The van der Waals surface area contributed by atoms with Crippen LogP contribution < -0.4 is 10.6 Å². The van der Waals surface area contributed by atoms with Crippen LogP contribution in [0.25, 0.3) is 22.1 Å². The molecule has 0 saturated carbocycles. The number of benzene rings is 1. The first kappa shape index (κ1) is 21.4. The fourth-order valence-corrected chi connectivity index (χ4v) is 4.77. The lowest BCUT2D eigenvalue weighted by molar-refractivity contribution is 0.0904. The second kappa shape index (κ2) is 9.60. The standard InChI is InChI=1S/C24H25N7OS/c1-26-13-18(12-25)16-2-5-23-29-30-24(31(23)15-16)33-21-3-4-22-17(11-21)10-20(14-27-22)28-19-6-8-32-9-7-19/h2-5,10-15,19,25-26,28H,6-9H2,1H3/b18-13+,25-12?. The molecule has 1 aromatic carbocycles. The molecule has 0 bridgehead atoms. The lowest BCUT2D eigenvalue weighted by atomic mass is 10.1. The molecule has 33 heavy (non-hydrogen) atoms. The molecule has 1 aliphatic heterocycles. The summed E-state index contributed by atoms with van der Waals surface area (Å²) >= 11 is 1.55. The Bertz CT molecular complexity index is 1330. The molecule has 4 heterocycles. The predicted octanol–water partition coefficient (Wildman–Crippen LogP) is 4.23. The average Bonchev–Trinajstić information content (AvgIpc) is 3.25. The van der Waals surface area contributed by atoms with E-state index in [9.17, 15) is 0 Å². The van der Waals surface area contributed by atoms with E-state index in [1.807, 2.05) is 42.0 Å². The van der Waals surface area contributed by atoms with Crippen molar-refractivity contribution in [1.29, 1.82) is 5.41 Å². The SMILES string of the molecule is CN/C=C(\C=N)c1ccc2nnc(Sc3ccc4ncc(NC5CCOCC5)cc4c3)n2c1. The molecule has 4 aromatic rings. The Kier molecular flexibility index (Phi) is 6.23. The second-order valence-corrected chi connectivity index (χ2v) is 8.91. The zero-order chi connectivity index (χ0) is 22.6. The summed E-state index contributed by atoms with van der Waals surface area (Å²) in [5.41, 5.74) is 4.45. The maximum atomic E-state index is 7.68. The number of nitrogens with zero attached hydrogens (tertiary/aromatic N) is 4. The Morgan fingerprint density at radius 1 is 1.18 bits per heavy atom. The molecule has 3 aromatic heterocycles. The first-order valence-corrected chi connectivity index (χ1v) is 11.7. The molecule has 1 aliphatic rings. The normalized spacial score (nSPS) is 15.1. The highest BCUT2D eigenvalue weighted by atomic mass is 32.2. The molecular formula is C24H25N7OS. The predicted molar refractivity (Wildman–Crippen MR) is 132 cm³/mol. The van der Waals surface area contributed by atoms with Gasteiger partial charge in [0.2, 0.25) is 0 Å². The summed E-state index contributed by atoms with van der Waals surface area (Å²) in [6.45, 7) is 1.61. The second-order valence-electron chi connectivity index (χ2n) is 7.87. The van der Waals surface area contributed by atoms with Gasteiger partial charge in [-0.2, -0.15) is 0 Å². The van der Waals surface area contributed by atoms with Gasteiger partial charge in [-0.25, -0.2) is 0 Å². The van der Waals surface area contributed by atoms with Crippen LogP contribution in [-0.4, -0.2) is 52.1 Å². The Morgan fingerprint density at radius 3 is 2.88 bits per heavy atom. The maximum Gasteiger partial charge on any atom is 0.200 e. The summed E-state index contributed by atoms with van der Waals surface area (Å²) in [4.78, 5) is 5.68. The highest BCUT2D eigenvalue weighted by Gasteiger charge is 2.14. The zero-order valence-corrected chi connectivity index (χ0v) is 19.1. The number of hydrogen-bond donors (Lipinski definition) is 3. The van der Waals surface area contributed by atoms with Crippen molar-refractivity contribution >= 4 is 45.8 Å². The third-order valence-corrected chi connectivity index (χ3v) is 6.56. The van der Waals surface area contributed by atoms with Crippen molar-refractivity contribution < 1.29 is 4.74 Å². The van der Waals surface area contributed by atoms with E-state index in [1.54, 1.807) is 18.0 Å². The van der Waals surface area contributed by atoms with Crippen molar-refractivity contribution in [3.05, 3.63) is 60.6 Å². The van der Waals surface area contributed by atoms with E-state index in [-0.39, 0.29) is 0 Å². The summed E-state index contributed by atoms with van der Waals surface area (Å²) in [5, 5.41) is 24.8. The van der Waals surface area contributed by atoms with E-state index < -0.39 is 0 Å². The van der Waals surface area contributed by atoms with Gasteiger partial charge in [0.05, 0.1) is 17.4 Å². The highest BCUT2D eigenvalue weighted by Crippen LogP contribution is 2.30. The molecule has 0 radical (unpaired) electrons. The number of rotatable bonds is 7. The quantitative estimate of drug-likeness (QED) is 0.356. The minimum atomic E-state index is 0.426. The molecule has 8 nitrogen and oxygen atoms in total. The smallest absolute Gasteiger partial charge is 0.200 e. The van der Waals surface area contributed by atoms with Crippen LogP contribution in [0.3, 0.4) is 0 Å². The monoisotopic (exact) mass is 459 g/mol. The lowest BCUT2D eigenvalue weighted by Crippen LogP contribution is -2.27. The number of hydrogen-bond acceptors (Lipinski definition) is 8. The van der Waals surface area contributed by atoms with E-state index in [0.717, 1.165) is 69.5 Å². The lowest BCUT2D eigenvalue weighted by Gasteiger charge is -2.24. The van der Waals surface area contributed by atoms with Gasteiger partial charge >= 0.3 is 0 Å². The Balaban J connectivity index is 1.42. The van der Waals surface area contributed by atoms with Gasteiger partial charge in [0, 0.05) is 66.3 Å². The molecule has 1 saturated heterocycles. The third-order valence-electron chi connectivity index (χ3n) is 5.61. The van der Waals surface area contributed by atoms with E-state index in [4.69, 9.17) is 10.1 Å². The van der Waals surface area contributed by atoms with Gasteiger partial charge < -0.3 is 20.8 Å². The average molecular weight is 460 g/mol. The van der Waals surface area contributed by atoms with E-state index in [2.05, 4.69) is 44.0 Å². The number of ether oxygens (including phenoxy) is 1. The fraction of sp³-hybridized carbons (Fsp3) is 0.250. The van der Waals surface area contributed by atoms with E-state index in [1.165, 1.54) is 6.21 Å². The molecule has 0 spiro atoms. The summed E-state index contributed by atoms with van der Waals surface area (Å²) in [6.07, 6.45) is 9.02. The number of anilines is 1. The Morgan fingerprint density at radius 2 is 2.06 bits per heavy atom. The molecule has 0 aliphatic carbocycles. The topological polar surface area (TPSA) is 100 Å². The summed E-state index contributed by atoms with van der Waals surface area (Å²) in [6, 6.07) is 12.7. The third kappa shape index (κ3) is 4.69. The van der Waals surface area contributed by atoms with Crippen LogP contribution in [0.1, 0.15) is 18.4 Å². The largest absolute Gasteiger partial charge is 0.393 e. The van der Waals surface area contributed by atoms with Crippen molar-refractivity contribution in [2.24, 2.45) is 0 Å². The van der Waals surface area contributed by atoms with Crippen LogP contribution in [0.2, 0.25) is 0 Å². The molecular weight excluding hydrogens is 434 g/mol. The van der Waals surface area contributed by atoms with Crippen LogP contribution in [-0.2, 0) is 4.74 Å². The molecule has 0 amide bonds. The molecule has 5 rings (SSSR count). The van der Waals surface area contributed by atoms with E-state index >= 15 is 0 Å². The molecule has 9 heteroatoms. The van der Waals surface area contributed by atoms with Gasteiger partial charge in [-0.1, -0.05) is 0 Å². The minimum Gasteiger partial charge on any atom is -0.393 e. The minimum absolute atomic E-state index is 0.426. The van der Waals surface area contributed by atoms with Gasteiger partial charge in [-0.15, -0.1) is 10.2 Å². The van der Waals surface area contributed by atoms with Crippen LogP contribution in [0.4, 0.5) is 5.69 Å².